The number of benzene rings is 2. The Labute approximate surface area is 157 Å². The summed E-state index contributed by atoms with van der Waals surface area (Å²) in [5.74, 6) is 0. The van der Waals surface area contributed by atoms with Crippen molar-refractivity contribution in [3.05, 3.63) is 65.4 Å². The van der Waals surface area contributed by atoms with Gasteiger partial charge in [-0.15, -0.1) is 0 Å². The molecule has 154 valence electrons. The summed E-state index contributed by atoms with van der Waals surface area (Å²) in [4.78, 5) is 3.23. The molecule has 0 spiro atoms. The van der Waals surface area contributed by atoms with Crippen LogP contribution in [0.2, 0.25) is 0 Å². The summed E-state index contributed by atoms with van der Waals surface area (Å²) >= 11 is 0. The van der Waals surface area contributed by atoms with Crippen LogP contribution in [0.15, 0.2) is 48.5 Å². The van der Waals surface area contributed by atoms with Crippen LogP contribution in [0.5, 0.6) is 0 Å². The van der Waals surface area contributed by atoms with Crippen LogP contribution in [0.1, 0.15) is 16.8 Å². The van der Waals surface area contributed by atoms with Gasteiger partial charge in [-0.1, -0.05) is 12.1 Å². The molecule has 3 rings (SSSR count). The molecule has 0 atom stereocenters. The highest BCUT2D eigenvalue weighted by Crippen LogP contribution is 2.38. The zero-order chi connectivity index (χ0) is 21.6. The van der Waals surface area contributed by atoms with Crippen molar-refractivity contribution in [1.29, 1.82) is 0 Å². The van der Waals surface area contributed by atoms with Crippen molar-refractivity contribution in [2.45, 2.75) is 18.5 Å². The summed E-state index contributed by atoms with van der Waals surface area (Å²) in [6, 6.07) is 6.18. The van der Waals surface area contributed by atoms with E-state index in [0.29, 0.717) is 24.3 Å². The Morgan fingerprint density at radius 1 is 0.655 bits per heavy atom. The molecule has 29 heavy (non-hydrogen) atoms. The van der Waals surface area contributed by atoms with Gasteiger partial charge in [0.15, 0.2) is 0 Å². The van der Waals surface area contributed by atoms with E-state index in [1.165, 1.54) is 6.07 Å². The van der Waals surface area contributed by atoms with E-state index >= 15 is 0 Å². The molecule has 1 heterocycles. The van der Waals surface area contributed by atoms with Gasteiger partial charge in [0.2, 0.25) is 0 Å². The van der Waals surface area contributed by atoms with Crippen LogP contribution in [-0.2, 0) is 18.5 Å². The number of pyridine rings is 1. The molecule has 0 amide bonds. The highest BCUT2D eigenvalue weighted by atomic mass is 19.4. The van der Waals surface area contributed by atoms with Gasteiger partial charge in [0, 0.05) is 11.1 Å². The normalized spacial score (nSPS) is 13.0. The Balaban J connectivity index is 2.16. The fourth-order valence-electron chi connectivity index (χ4n) is 2.58. The minimum absolute atomic E-state index is 0.122. The van der Waals surface area contributed by atoms with Gasteiger partial charge in [-0.25, -0.2) is 4.98 Å². The molecule has 0 aliphatic heterocycles. The lowest BCUT2D eigenvalue weighted by atomic mass is 10.1. The Hall–Kier alpha value is -2.98. The van der Waals surface area contributed by atoms with Crippen molar-refractivity contribution in [3.8, 4) is 0 Å². The molecular weight excluding hydrogens is 415 g/mol. The van der Waals surface area contributed by atoms with Crippen LogP contribution in [0.25, 0.3) is 10.9 Å². The van der Waals surface area contributed by atoms with Gasteiger partial charge in [0.1, 0.15) is 5.69 Å². The van der Waals surface area contributed by atoms with Crippen LogP contribution >= 0.6 is 0 Å². The summed E-state index contributed by atoms with van der Waals surface area (Å²) in [5, 5.41) is 2.29. The molecule has 2 nitrogen and oxygen atoms in total. The molecule has 0 saturated heterocycles. The fourth-order valence-corrected chi connectivity index (χ4v) is 2.58. The van der Waals surface area contributed by atoms with Gasteiger partial charge in [-0.3, -0.25) is 0 Å². The number of rotatable bonds is 2. The summed E-state index contributed by atoms with van der Waals surface area (Å²) in [7, 11) is 0. The van der Waals surface area contributed by atoms with E-state index in [1.807, 2.05) is 0 Å². The maximum absolute atomic E-state index is 13.1. The molecule has 3 aromatic rings. The van der Waals surface area contributed by atoms with Crippen LogP contribution in [0.3, 0.4) is 0 Å². The van der Waals surface area contributed by atoms with Crippen molar-refractivity contribution < 1.29 is 39.5 Å². The first-order chi connectivity index (χ1) is 13.2. The quantitative estimate of drug-likeness (QED) is 0.447. The summed E-state index contributed by atoms with van der Waals surface area (Å²) in [6.07, 6.45) is -14.5. The number of nitrogens with one attached hydrogen (secondary N) is 1. The lowest BCUT2D eigenvalue weighted by Crippen LogP contribution is -2.10. The number of anilines is 2. The van der Waals surface area contributed by atoms with Gasteiger partial charge in [-0.2, -0.15) is 39.5 Å². The van der Waals surface area contributed by atoms with Crippen LogP contribution in [0.4, 0.5) is 50.9 Å². The first-order valence-corrected chi connectivity index (χ1v) is 7.78. The van der Waals surface area contributed by atoms with Gasteiger partial charge < -0.3 is 5.32 Å². The average Bonchev–Trinajstić information content (AvgIpc) is 2.59. The molecule has 0 saturated carbocycles. The van der Waals surface area contributed by atoms with E-state index in [1.54, 1.807) is 0 Å². The molecule has 11 heteroatoms. The molecule has 0 unspecified atom stereocenters. The van der Waals surface area contributed by atoms with Crippen molar-refractivity contribution in [1.82, 2.24) is 4.98 Å². The Kier molecular flexibility index (Phi) is 4.88. The van der Waals surface area contributed by atoms with E-state index in [0.717, 1.165) is 18.2 Å². The summed E-state index contributed by atoms with van der Waals surface area (Å²) in [5.41, 5.74) is -4.88. The van der Waals surface area contributed by atoms with Crippen molar-refractivity contribution >= 4 is 22.3 Å². The molecule has 0 aliphatic rings. The predicted molar refractivity (Wildman–Crippen MR) is 86.5 cm³/mol. The lowest BCUT2D eigenvalue weighted by molar-refractivity contribution is -0.141. The number of fused-ring (bicyclic) bond motifs is 1. The molecule has 0 fully saturated rings. The second-order valence-corrected chi connectivity index (χ2v) is 5.99. The zero-order valence-electron chi connectivity index (χ0n) is 14.0. The number of halogens is 9. The van der Waals surface area contributed by atoms with E-state index in [2.05, 4.69) is 10.3 Å². The van der Waals surface area contributed by atoms with Crippen molar-refractivity contribution in [2.75, 3.05) is 5.32 Å². The van der Waals surface area contributed by atoms with E-state index < -0.39 is 40.9 Å². The number of hydrogen-bond donors (Lipinski definition) is 1. The van der Waals surface area contributed by atoms with Crippen LogP contribution in [-0.4, -0.2) is 4.98 Å². The largest absolute Gasteiger partial charge is 0.433 e. The SMILES string of the molecule is FC(F)(F)c1cccc(Nc2cc(C(F)(F)F)nc3cc(C(F)(F)F)ccc23)c1. The number of alkyl halides is 9. The highest BCUT2D eigenvalue weighted by Gasteiger charge is 2.35. The monoisotopic (exact) mass is 424 g/mol. The standard InChI is InChI=1S/C18H9F9N2/c19-16(20,21)9-2-1-3-11(6-9)28-14-8-15(18(25,26)27)29-13-7-10(17(22,23)24)4-5-12(13)14/h1-8H,(H,28,29). The second kappa shape index (κ2) is 6.82. The van der Waals surface area contributed by atoms with Crippen molar-refractivity contribution in [2.24, 2.45) is 0 Å². The molecule has 1 aromatic heterocycles. The van der Waals surface area contributed by atoms with E-state index in [4.69, 9.17) is 0 Å². The molecule has 0 aliphatic carbocycles. The Bertz CT molecular complexity index is 1040. The lowest BCUT2D eigenvalue weighted by Gasteiger charge is -2.16. The third-order valence-electron chi connectivity index (χ3n) is 3.90. The number of hydrogen-bond acceptors (Lipinski definition) is 2. The van der Waals surface area contributed by atoms with Gasteiger partial charge in [0.05, 0.1) is 22.3 Å². The maximum Gasteiger partial charge on any atom is 0.433 e. The summed E-state index contributed by atoms with van der Waals surface area (Å²) < 4.78 is 117. The smallest absolute Gasteiger partial charge is 0.355 e. The third-order valence-corrected chi connectivity index (χ3v) is 3.90. The van der Waals surface area contributed by atoms with Crippen LogP contribution < -0.4 is 5.32 Å². The average molecular weight is 424 g/mol. The molecular formula is C18H9F9N2. The van der Waals surface area contributed by atoms with E-state index in [-0.39, 0.29) is 16.8 Å². The number of aromatic nitrogens is 1. The third kappa shape index (κ3) is 4.54. The minimum atomic E-state index is -4.98. The van der Waals surface area contributed by atoms with Gasteiger partial charge >= 0.3 is 18.5 Å². The topological polar surface area (TPSA) is 24.9 Å². The van der Waals surface area contributed by atoms with Gasteiger partial charge in [-0.05, 0) is 36.4 Å². The highest BCUT2D eigenvalue weighted by molar-refractivity contribution is 5.93. The minimum Gasteiger partial charge on any atom is -0.355 e. The predicted octanol–water partition coefficient (Wildman–Crippen LogP) is 7.03. The van der Waals surface area contributed by atoms with E-state index in [9.17, 15) is 39.5 Å². The Morgan fingerprint density at radius 3 is 1.86 bits per heavy atom. The number of nitrogens with zero attached hydrogens (tertiary/aromatic N) is 1. The zero-order valence-corrected chi connectivity index (χ0v) is 14.0. The second-order valence-electron chi connectivity index (χ2n) is 5.99. The fraction of sp³-hybridized carbons (Fsp3) is 0.167. The van der Waals surface area contributed by atoms with Crippen molar-refractivity contribution in [3.63, 3.8) is 0 Å². The first-order valence-electron chi connectivity index (χ1n) is 7.78. The molecule has 0 radical (unpaired) electrons. The first kappa shape index (κ1) is 20.7. The molecule has 0 bridgehead atoms. The molecule has 1 N–H and O–H groups in total. The maximum atomic E-state index is 13.1. The van der Waals surface area contributed by atoms with Crippen LogP contribution in [0, 0.1) is 0 Å². The summed E-state index contributed by atoms with van der Waals surface area (Å²) in [6.45, 7) is 0. The van der Waals surface area contributed by atoms with Gasteiger partial charge in [0.25, 0.3) is 0 Å². The Morgan fingerprint density at radius 2 is 1.28 bits per heavy atom. The molecule has 2 aromatic carbocycles.